The van der Waals surface area contributed by atoms with E-state index in [-0.39, 0.29) is 12.7 Å². The van der Waals surface area contributed by atoms with Crippen LogP contribution in [-0.2, 0) is 17.7 Å². The van der Waals surface area contributed by atoms with E-state index in [0.717, 1.165) is 53.4 Å². The molecular weight excluding hydrogens is 508 g/mol. The standard InChI is InChI=1S/C29H36N8O3/c1-29(2,3)40-28(39)37-11-9-36(10-12-37)18-20-6-7-30-22(14-20)16-27-34-23-5-4-21(15-25(23)35-27)24-17-26(31-8-13-38)33-19-32-24/h4-7,14-15,17,19,38H,8-13,16,18H2,1-3H3,(H,34,35)(H,31,32,33). The smallest absolute Gasteiger partial charge is 0.410 e. The maximum atomic E-state index is 12.4. The van der Waals surface area contributed by atoms with Crippen molar-refractivity contribution in [2.75, 3.05) is 44.6 Å². The third-order valence-corrected chi connectivity index (χ3v) is 6.57. The normalized spacial score (nSPS) is 14.4. The summed E-state index contributed by atoms with van der Waals surface area (Å²) in [6.07, 6.45) is 3.71. The lowest BCUT2D eigenvalue weighted by Crippen LogP contribution is -2.49. The first kappa shape index (κ1) is 27.5. The number of fused-ring (bicyclic) bond motifs is 1. The average molecular weight is 545 g/mol. The number of anilines is 1. The van der Waals surface area contributed by atoms with Crippen LogP contribution >= 0.6 is 0 Å². The third-order valence-electron chi connectivity index (χ3n) is 6.57. The number of aliphatic hydroxyl groups excluding tert-OH is 1. The molecule has 1 aliphatic heterocycles. The minimum atomic E-state index is -0.483. The van der Waals surface area contributed by atoms with Gasteiger partial charge in [0.05, 0.1) is 23.3 Å². The third kappa shape index (κ3) is 7.10. The highest BCUT2D eigenvalue weighted by Crippen LogP contribution is 2.24. The van der Waals surface area contributed by atoms with Gasteiger partial charge in [-0.05, 0) is 50.6 Å². The summed E-state index contributed by atoms with van der Waals surface area (Å²) in [5, 5.41) is 12.1. The Morgan fingerprint density at radius 1 is 1.07 bits per heavy atom. The second-order valence-electron chi connectivity index (χ2n) is 10.9. The van der Waals surface area contributed by atoms with Gasteiger partial charge in [0.15, 0.2) is 0 Å². The number of piperazine rings is 1. The lowest BCUT2D eigenvalue weighted by molar-refractivity contribution is 0.0139. The van der Waals surface area contributed by atoms with Crippen molar-refractivity contribution in [3.05, 3.63) is 66.0 Å². The number of carbonyl (C=O) groups is 1. The van der Waals surface area contributed by atoms with E-state index in [2.05, 4.69) is 36.2 Å². The summed E-state index contributed by atoms with van der Waals surface area (Å²) in [5.74, 6) is 1.51. The predicted octanol–water partition coefficient (Wildman–Crippen LogP) is 3.46. The van der Waals surface area contributed by atoms with Crippen LogP contribution in [-0.4, -0.2) is 90.9 Å². The summed E-state index contributed by atoms with van der Waals surface area (Å²) < 4.78 is 5.51. The van der Waals surface area contributed by atoms with Gasteiger partial charge in [-0.1, -0.05) is 6.07 Å². The molecule has 0 aliphatic carbocycles. The number of amides is 1. The molecule has 0 unspecified atom stereocenters. The molecule has 3 aromatic heterocycles. The minimum Gasteiger partial charge on any atom is -0.444 e. The van der Waals surface area contributed by atoms with Crippen LogP contribution in [0.2, 0.25) is 0 Å². The van der Waals surface area contributed by atoms with Gasteiger partial charge in [0.25, 0.3) is 0 Å². The Hall–Kier alpha value is -4.09. The number of aromatic nitrogens is 5. The van der Waals surface area contributed by atoms with Crippen molar-refractivity contribution in [3.8, 4) is 11.3 Å². The fraction of sp³-hybridized carbons (Fsp3) is 0.414. The molecule has 3 N–H and O–H groups in total. The number of pyridine rings is 1. The lowest BCUT2D eigenvalue weighted by atomic mass is 10.1. The molecule has 0 saturated carbocycles. The van der Waals surface area contributed by atoms with Crippen LogP contribution in [0.5, 0.6) is 0 Å². The summed E-state index contributed by atoms with van der Waals surface area (Å²) in [6, 6.07) is 12.0. The summed E-state index contributed by atoms with van der Waals surface area (Å²) in [7, 11) is 0. The number of aliphatic hydroxyl groups is 1. The summed E-state index contributed by atoms with van der Waals surface area (Å²) in [5.41, 5.74) is 5.19. The molecule has 4 aromatic rings. The number of ether oxygens (including phenoxy) is 1. The number of nitrogens with one attached hydrogen (secondary N) is 2. The minimum absolute atomic E-state index is 0.0346. The number of aromatic amines is 1. The highest BCUT2D eigenvalue weighted by Gasteiger charge is 2.25. The zero-order valence-corrected chi connectivity index (χ0v) is 23.2. The quantitative estimate of drug-likeness (QED) is 0.305. The number of carbonyl (C=O) groups excluding carboxylic acids is 1. The number of hydrogen-bond acceptors (Lipinski definition) is 9. The van der Waals surface area contributed by atoms with Crippen molar-refractivity contribution in [2.45, 2.75) is 39.3 Å². The van der Waals surface area contributed by atoms with E-state index in [1.807, 2.05) is 57.3 Å². The molecule has 4 heterocycles. The zero-order chi connectivity index (χ0) is 28.1. The van der Waals surface area contributed by atoms with Gasteiger partial charge in [-0.25, -0.2) is 19.7 Å². The second kappa shape index (κ2) is 12.0. The van der Waals surface area contributed by atoms with Gasteiger partial charge in [-0.15, -0.1) is 0 Å². The molecule has 1 fully saturated rings. The van der Waals surface area contributed by atoms with Gasteiger partial charge in [-0.2, -0.15) is 0 Å². The number of benzene rings is 1. The van der Waals surface area contributed by atoms with Crippen LogP contribution in [0.15, 0.2) is 48.9 Å². The Morgan fingerprint density at radius 2 is 1.90 bits per heavy atom. The van der Waals surface area contributed by atoms with Crippen LogP contribution in [0, 0.1) is 0 Å². The maximum absolute atomic E-state index is 12.4. The number of nitrogens with zero attached hydrogens (tertiary/aromatic N) is 6. The van der Waals surface area contributed by atoms with Crippen molar-refractivity contribution in [1.29, 1.82) is 0 Å². The van der Waals surface area contributed by atoms with Crippen molar-refractivity contribution in [3.63, 3.8) is 0 Å². The summed E-state index contributed by atoms with van der Waals surface area (Å²) in [4.78, 5) is 37.9. The SMILES string of the molecule is CC(C)(C)OC(=O)N1CCN(Cc2ccnc(Cc3nc4ccc(-c5cc(NCCO)ncn5)cc4[nH]3)c2)CC1. The summed E-state index contributed by atoms with van der Waals surface area (Å²) in [6.45, 7) is 9.84. The van der Waals surface area contributed by atoms with E-state index in [0.29, 0.717) is 31.9 Å². The Kier molecular flexibility index (Phi) is 8.22. The molecule has 5 rings (SSSR count). The van der Waals surface area contributed by atoms with Gasteiger partial charge in [-0.3, -0.25) is 9.88 Å². The number of imidazole rings is 1. The first-order chi connectivity index (χ1) is 19.3. The molecule has 0 bridgehead atoms. The topological polar surface area (TPSA) is 132 Å². The molecule has 210 valence electrons. The van der Waals surface area contributed by atoms with Crippen LogP contribution in [0.25, 0.3) is 22.3 Å². The molecule has 11 heteroatoms. The molecule has 1 aliphatic rings. The number of H-pyrrole nitrogens is 1. The predicted molar refractivity (Wildman–Crippen MR) is 153 cm³/mol. The van der Waals surface area contributed by atoms with Crippen LogP contribution in [0.4, 0.5) is 10.6 Å². The molecule has 1 aromatic carbocycles. The largest absolute Gasteiger partial charge is 0.444 e. The first-order valence-electron chi connectivity index (χ1n) is 13.6. The van der Waals surface area contributed by atoms with Crippen LogP contribution in [0.1, 0.15) is 37.9 Å². The molecule has 0 radical (unpaired) electrons. The Bertz CT molecular complexity index is 1460. The van der Waals surface area contributed by atoms with Gasteiger partial charge >= 0.3 is 6.09 Å². The van der Waals surface area contributed by atoms with Crippen molar-refractivity contribution >= 4 is 22.9 Å². The van der Waals surface area contributed by atoms with E-state index in [1.165, 1.54) is 11.9 Å². The Labute approximate surface area is 233 Å². The Morgan fingerprint density at radius 3 is 2.67 bits per heavy atom. The molecule has 0 atom stereocenters. The lowest BCUT2D eigenvalue weighted by Gasteiger charge is -2.35. The van der Waals surface area contributed by atoms with Crippen molar-refractivity contribution < 1.29 is 14.6 Å². The number of hydrogen-bond donors (Lipinski definition) is 3. The molecule has 11 nitrogen and oxygen atoms in total. The molecule has 1 amide bonds. The monoisotopic (exact) mass is 544 g/mol. The maximum Gasteiger partial charge on any atom is 0.410 e. The fourth-order valence-corrected chi connectivity index (χ4v) is 4.67. The first-order valence-corrected chi connectivity index (χ1v) is 13.6. The molecule has 0 spiro atoms. The molecule has 1 saturated heterocycles. The zero-order valence-electron chi connectivity index (χ0n) is 23.2. The highest BCUT2D eigenvalue weighted by atomic mass is 16.6. The Balaban J connectivity index is 1.21. The van der Waals surface area contributed by atoms with Gasteiger partial charge in [0, 0.05) is 69.2 Å². The van der Waals surface area contributed by atoms with Crippen LogP contribution in [0.3, 0.4) is 0 Å². The van der Waals surface area contributed by atoms with Gasteiger partial charge in [0.1, 0.15) is 23.6 Å². The summed E-state index contributed by atoms with van der Waals surface area (Å²) >= 11 is 0. The second-order valence-corrected chi connectivity index (χ2v) is 10.9. The van der Waals surface area contributed by atoms with Gasteiger partial charge < -0.3 is 25.0 Å². The van der Waals surface area contributed by atoms with Gasteiger partial charge in [0.2, 0.25) is 0 Å². The molecule has 40 heavy (non-hydrogen) atoms. The van der Waals surface area contributed by atoms with E-state index in [9.17, 15) is 4.79 Å². The van der Waals surface area contributed by atoms with Crippen LogP contribution < -0.4 is 5.32 Å². The van der Waals surface area contributed by atoms with E-state index < -0.39 is 5.60 Å². The molecular formula is C29H36N8O3. The van der Waals surface area contributed by atoms with E-state index in [1.54, 1.807) is 4.90 Å². The van der Waals surface area contributed by atoms with E-state index in [4.69, 9.17) is 14.8 Å². The average Bonchev–Trinajstić information content (AvgIpc) is 3.33. The van der Waals surface area contributed by atoms with Crippen molar-refractivity contribution in [1.82, 2.24) is 34.7 Å². The highest BCUT2D eigenvalue weighted by molar-refractivity contribution is 5.81. The van der Waals surface area contributed by atoms with E-state index >= 15 is 0 Å². The van der Waals surface area contributed by atoms with Crippen molar-refractivity contribution in [2.24, 2.45) is 0 Å². The number of rotatable bonds is 8. The fourth-order valence-electron chi connectivity index (χ4n) is 4.67.